The van der Waals surface area contributed by atoms with Crippen LogP contribution in [-0.2, 0) is 17.3 Å². The number of pyridine rings is 1. The van der Waals surface area contributed by atoms with Crippen molar-refractivity contribution in [2.75, 3.05) is 5.32 Å². The number of aromatic nitrogens is 6. The summed E-state index contributed by atoms with van der Waals surface area (Å²) >= 11 is 0. The minimum atomic E-state index is -3.15. The molecule has 4 aromatic heterocycles. The summed E-state index contributed by atoms with van der Waals surface area (Å²) in [5, 5.41) is 20.1. The van der Waals surface area contributed by atoms with Gasteiger partial charge in [0.2, 0.25) is 17.7 Å². The van der Waals surface area contributed by atoms with Crippen LogP contribution >= 0.6 is 0 Å². The van der Waals surface area contributed by atoms with E-state index in [1.807, 2.05) is 13.1 Å². The predicted octanol–water partition coefficient (Wildman–Crippen LogP) is 2.90. The van der Waals surface area contributed by atoms with Crippen LogP contribution in [-0.4, -0.2) is 41.9 Å². The standard InChI is InChI=1S/C22H17F3N8O2/c1-22(12-7-29-32(2)10-12)5-14(15-9-27-17-4-16(23)31-33(17)18(15)22)19(34)30-13-3-11(6-26)20(28-8-13)35-21(24)25/h3-4,7-10,14,21H,5H2,1-2H3,(H,30,34)/t14-,22+/m0/s1. The molecule has 0 spiro atoms. The maximum Gasteiger partial charge on any atom is 0.388 e. The molecule has 0 radical (unpaired) electrons. The second kappa shape index (κ2) is 8.08. The Kier molecular flexibility index (Phi) is 5.16. The Labute approximate surface area is 196 Å². The average molecular weight is 482 g/mol. The number of nitriles is 1. The SMILES string of the molecule is Cn1cc([C@@]2(C)C[C@H](C(=O)Nc3cnc(OC(F)F)c(C#N)c3)c3cnc4cc(F)nn4c32)cn1. The largest absolute Gasteiger partial charge is 0.415 e. The number of aryl methyl sites for hydroxylation is 1. The van der Waals surface area contributed by atoms with Crippen molar-refractivity contribution >= 4 is 17.2 Å². The van der Waals surface area contributed by atoms with Crippen molar-refractivity contribution in [1.29, 1.82) is 5.26 Å². The minimum absolute atomic E-state index is 0.129. The highest BCUT2D eigenvalue weighted by atomic mass is 19.3. The second-order valence-electron chi connectivity index (χ2n) is 8.35. The smallest absolute Gasteiger partial charge is 0.388 e. The molecule has 1 amide bonds. The summed E-state index contributed by atoms with van der Waals surface area (Å²) < 4.78 is 46.3. The van der Waals surface area contributed by atoms with Gasteiger partial charge >= 0.3 is 6.61 Å². The van der Waals surface area contributed by atoms with Gasteiger partial charge in [-0.3, -0.25) is 9.48 Å². The van der Waals surface area contributed by atoms with Crippen LogP contribution in [0.3, 0.4) is 0 Å². The lowest BCUT2D eigenvalue weighted by Gasteiger charge is -2.24. The van der Waals surface area contributed by atoms with E-state index in [0.717, 1.165) is 11.8 Å². The first-order valence-corrected chi connectivity index (χ1v) is 10.4. The van der Waals surface area contributed by atoms with Gasteiger partial charge in [0.05, 0.1) is 29.7 Å². The van der Waals surface area contributed by atoms with E-state index in [-0.39, 0.29) is 11.3 Å². The highest BCUT2D eigenvalue weighted by molar-refractivity contribution is 5.97. The summed E-state index contributed by atoms with van der Waals surface area (Å²) in [5.74, 6) is -2.40. The van der Waals surface area contributed by atoms with Crippen molar-refractivity contribution in [3.05, 3.63) is 65.3 Å². The number of carbonyl (C=O) groups is 1. The lowest BCUT2D eigenvalue weighted by atomic mass is 9.80. The van der Waals surface area contributed by atoms with E-state index in [2.05, 4.69) is 30.2 Å². The quantitative estimate of drug-likeness (QED) is 0.464. The number of hydrogen-bond acceptors (Lipinski definition) is 7. The summed E-state index contributed by atoms with van der Waals surface area (Å²) in [6.45, 7) is -1.23. The van der Waals surface area contributed by atoms with Gasteiger partial charge in [-0.05, 0) is 19.4 Å². The predicted molar refractivity (Wildman–Crippen MR) is 114 cm³/mol. The molecule has 4 heterocycles. The van der Waals surface area contributed by atoms with Crippen molar-refractivity contribution < 1.29 is 22.7 Å². The minimum Gasteiger partial charge on any atom is -0.415 e. The highest BCUT2D eigenvalue weighted by Crippen LogP contribution is 2.49. The molecule has 35 heavy (non-hydrogen) atoms. The van der Waals surface area contributed by atoms with Crippen LogP contribution in [0, 0.1) is 17.3 Å². The Morgan fingerprint density at radius 1 is 1.31 bits per heavy atom. The molecule has 13 heteroatoms. The first kappa shape index (κ1) is 22.3. The summed E-state index contributed by atoms with van der Waals surface area (Å²) in [6.07, 6.45) is 6.45. The van der Waals surface area contributed by atoms with Gasteiger partial charge in [-0.1, -0.05) is 0 Å². The van der Waals surface area contributed by atoms with Crippen LogP contribution in [0.2, 0.25) is 0 Å². The summed E-state index contributed by atoms with van der Waals surface area (Å²) in [6, 6.07) is 4.12. The number of ether oxygens (including phenoxy) is 1. The molecule has 4 aromatic rings. The first-order chi connectivity index (χ1) is 16.7. The van der Waals surface area contributed by atoms with Crippen molar-refractivity contribution in [3.8, 4) is 11.9 Å². The zero-order valence-corrected chi connectivity index (χ0v) is 18.4. The fourth-order valence-electron chi connectivity index (χ4n) is 4.54. The zero-order valence-electron chi connectivity index (χ0n) is 18.4. The van der Waals surface area contributed by atoms with Gasteiger partial charge in [0.25, 0.3) is 0 Å². The van der Waals surface area contributed by atoms with Crippen LogP contribution in [0.5, 0.6) is 5.88 Å². The molecule has 0 unspecified atom stereocenters. The molecule has 1 aliphatic carbocycles. The van der Waals surface area contributed by atoms with Crippen molar-refractivity contribution in [2.45, 2.75) is 31.3 Å². The van der Waals surface area contributed by atoms with Crippen molar-refractivity contribution in [3.63, 3.8) is 0 Å². The van der Waals surface area contributed by atoms with Gasteiger partial charge in [-0.2, -0.15) is 23.5 Å². The van der Waals surface area contributed by atoms with Gasteiger partial charge < -0.3 is 10.1 Å². The molecule has 5 rings (SSSR count). The maximum absolute atomic E-state index is 14.0. The highest BCUT2D eigenvalue weighted by Gasteiger charge is 2.47. The molecule has 0 bridgehead atoms. The number of amides is 1. The summed E-state index contributed by atoms with van der Waals surface area (Å²) in [4.78, 5) is 21.4. The van der Waals surface area contributed by atoms with E-state index in [1.165, 1.54) is 22.8 Å². The number of halogens is 3. The van der Waals surface area contributed by atoms with E-state index >= 15 is 0 Å². The second-order valence-corrected chi connectivity index (χ2v) is 8.35. The molecule has 10 nitrogen and oxygen atoms in total. The normalized spacial score (nSPS) is 19.1. The van der Waals surface area contributed by atoms with Crippen LogP contribution in [0.25, 0.3) is 5.65 Å². The molecule has 0 saturated heterocycles. The Morgan fingerprint density at radius 3 is 2.80 bits per heavy atom. The van der Waals surface area contributed by atoms with E-state index in [9.17, 15) is 23.2 Å². The van der Waals surface area contributed by atoms with Gasteiger partial charge in [0, 0.05) is 42.0 Å². The van der Waals surface area contributed by atoms with E-state index in [4.69, 9.17) is 0 Å². The number of alkyl halides is 2. The van der Waals surface area contributed by atoms with Crippen LogP contribution in [0.1, 0.15) is 41.6 Å². The Hall–Kier alpha value is -4.47. The van der Waals surface area contributed by atoms with Gasteiger partial charge in [0.1, 0.15) is 11.6 Å². The third kappa shape index (κ3) is 3.72. The van der Waals surface area contributed by atoms with Crippen LogP contribution in [0.15, 0.2) is 36.9 Å². The topological polar surface area (TPSA) is 123 Å². The molecule has 0 saturated carbocycles. The van der Waals surface area contributed by atoms with E-state index < -0.39 is 35.7 Å². The lowest BCUT2D eigenvalue weighted by molar-refractivity contribution is -0.117. The number of rotatable bonds is 5. The third-order valence-electron chi connectivity index (χ3n) is 6.09. The number of nitrogens with zero attached hydrogens (tertiary/aromatic N) is 7. The monoisotopic (exact) mass is 482 g/mol. The van der Waals surface area contributed by atoms with Crippen LogP contribution < -0.4 is 10.1 Å². The van der Waals surface area contributed by atoms with Gasteiger partial charge in [0.15, 0.2) is 5.65 Å². The first-order valence-electron chi connectivity index (χ1n) is 10.4. The number of hydrogen-bond donors (Lipinski definition) is 1. The Bertz CT molecular complexity index is 1510. The number of anilines is 1. The van der Waals surface area contributed by atoms with Gasteiger partial charge in [-0.25, -0.2) is 14.5 Å². The number of carbonyl (C=O) groups excluding carboxylic acids is 1. The fourth-order valence-corrected chi connectivity index (χ4v) is 4.54. The number of nitrogens with one attached hydrogen (secondary N) is 1. The zero-order chi connectivity index (χ0) is 24.9. The average Bonchev–Trinajstić information content (AvgIpc) is 3.49. The molecular weight excluding hydrogens is 465 g/mol. The molecule has 1 aliphatic rings. The van der Waals surface area contributed by atoms with Gasteiger partial charge in [-0.15, -0.1) is 5.10 Å². The Morgan fingerprint density at radius 2 is 2.11 bits per heavy atom. The molecule has 0 fully saturated rings. The molecule has 0 aliphatic heterocycles. The fraction of sp³-hybridized carbons (Fsp3) is 0.273. The van der Waals surface area contributed by atoms with E-state index in [1.54, 1.807) is 24.0 Å². The van der Waals surface area contributed by atoms with Crippen molar-refractivity contribution in [1.82, 2.24) is 29.4 Å². The maximum atomic E-state index is 14.0. The van der Waals surface area contributed by atoms with E-state index in [0.29, 0.717) is 23.3 Å². The molecule has 1 N–H and O–H groups in total. The molecule has 178 valence electrons. The van der Waals surface area contributed by atoms with Crippen molar-refractivity contribution in [2.24, 2.45) is 7.05 Å². The molecule has 2 atom stereocenters. The molecular formula is C22H17F3N8O2. The summed E-state index contributed by atoms with van der Waals surface area (Å²) in [5.41, 5.74) is 1.38. The third-order valence-corrected chi connectivity index (χ3v) is 6.09. The lowest BCUT2D eigenvalue weighted by Crippen LogP contribution is -2.25. The van der Waals surface area contributed by atoms with Crippen LogP contribution in [0.4, 0.5) is 18.9 Å². The number of fused-ring (bicyclic) bond motifs is 3. The summed E-state index contributed by atoms with van der Waals surface area (Å²) in [7, 11) is 1.77. The Balaban J connectivity index is 1.54. The molecule has 0 aromatic carbocycles.